The van der Waals surface area contributed by atoms with Gasteiger partial charge in [0, 0.05) is 12.6 Å². The number of nitrogens with two attached hydrogens (primary N) is 1. The van der Waals surface area contributed by atoms with Crippen molar-refractivity contribution in [2.24, 2.45) is 11.7 Å². The fraction of sp³-hybridized carbons (Fsp3) is 0.900. The first-order valence-electron chi connectivity index (χ1n) is 11.4. The van der Waals surface area contributed by atoms with Crippen LogP contribution < -0.4 is 27.2 Å². The van der Waals surface area contributed by atoms with Crippen molar-refractivity contribution in [2.45, 2.75) is 94.7 Å². The number of hydrogen-bond donors (Lipinski definition) is 7. The Morgan fingerprint density at radius 3 is 2.55 bits per heavy atom. The molecule has 1 saturated carbocycles. The number of nitrogens with zero attached hydrogens (tertiary/aromatic N) is 1. The number of aliphatic carboxylic acids is 1. The van der Waals surface area contributed by atoms with Crippen molar-refractivity contribution in [3.63, 3.8) is 0 Å². The molecule has 2 heterocycles. The maximum atomic E-state index is 13.7. The molecule has 3 fully saturated rings. The molecule has 31 heavy (non-hydrogen) atoms. The van der Waals surface area contributed by atoms with Crippen LogP contribution in [0.2, 0.25) is 0 Å². The van der Waals surface area contributed by atoms with Gasteiger partial charge in [0.15, 0.2) is 6.23 Å². The minimum atomic E-state index is -1.10. The summed E-state index contributed by atoms with van der Waals surface area (Å²) < 4.78 is 0. The van der Waals surface area contributed by atoms with Crippen LogP contribution in [0.4, 0.5) is 0 Å². The average molecular weight is 443 g/mol. The first-order chi connectivity index (χ1) is 14.8. The third kappa shape index (κ3) is 5.72. The van der Waals surface area contributed by atoms with Gasteiger partial charge in [0.2, 0.25) is 5.91 Å². The molecule has 0 bridgehead atoms. The van der Waals surface area contributed by atoms with Gasteiger partial charge in [-0.25, -0.2) is 0 Å². The third-order valence-electron chi connectivity index (χ3n) is 6.92. The summed E-state index contributed by atoms with van der Waals surface area (Å²) in [7, 11) is 1.77. The van der Waals surface area contributed by atoms with Crippen LogP contribution in [0.15, 0.2) is 0 Å². The molecule has 8 N–H and O–H groups in total. The number of amides is 1. The van der Waals surface area contributed by atoms with Crippen LogP contribution in [0.3, 0.4) is 0 Å². The van der Waals surface area contributed by atoms with Crippen molar-refractivity contribution in [3.05, 3.63) is 0 Å². The number of hydroxylamine groups is 1. The molecule has 7 atom stereocenters. The van der Waals surface area contributed by atoms with Crippen LogP contribution in [-0.2, 0) is 14.4 Å². The molecule has 3 aliphatic rings. The van der Waals surface area contributed by atoms with Gasteiger partial charge < -0.3 is 26.2 Å². The van der Waals surface area contributed by atoms with Gasteiger partial charge in [-0.05, 0) is 45.6 Å². The largest absolute Gasteiger partial charge is 0.480 e. The SMILES string of the molecule is CNC(C)C(O)NC(C(=O)N1CCCC1C1NOC(N)C(C(=O)O)N1)C1CCCCC1. The van der Waals surface area contributed by atoms with Crippen molar-refractivity contribution >= 4 is 11.9 Å². The Bertz CT molecular complexity index is 619. The van der Waals surface area contributed by atoms with Gasteiger partial charge >= 0.3 is 5.97 Å². The van der Waals surface area contributed by atoms with Crippen LogP contribution in [-0.4, -0.2) is 83.4 Å². The van der Waals surface area contributed by atoms with Crippen molar-refractivity contribution in [2.75, 3.05) is 13.6 Å². The summed E-state index contributed by atoms with van der Waals surface area (Å²) in [5, 5.41) is 29.2. The first kappa shape index (κ1) is 24.3. The Morgan fingerprint density at radius 2 is 1.90 bits per heavy atom. The summed E-state index contributed by atoms with van der Waals surface area (Å²) in [5.74, 6) is -0.993. The molecule has 0 spiro atoms. The number of carboxylic acids is 1. The molecule has 0 aromatic carbocycles. The van der Waals surface area contributed by atoms with Crippen molar-refractivity contribution in [1.82, 2.24) is 26.3 Å². The molecular formula is C20H38N6O5. The normalized spacial score (nSPS) is 33.1. The van der Waals surface area contributed by atoms with E-state index in [0.717, 1.165) is 32.1 Å². The van der Waals surface area contributed by atoms with Crippen LogP contribution >= 0.6 is 0 Å². The van der Waals surface area contributed by atoms with Crippen LogP contribution in [0.1, 0.15) is 51.9 Å². The lowest BCUT2D eigenvalue weighted by Gasteiger charge is -2.41. The molecule has 1 amide bonds. The van der Waals surface area contributed by atoms with E-state index in [0.29, 0.717) is 13.0 Å². The monoisotopic (exact) mass is 442 g/mol. The molecule has 11 heteroatoms. The number of likely N-dealkylation sites (N-methyl/N-ethyl adjacent to an activating group) is 1. The molecule has 7 unspecified atom stereocenters. The van der Waals surface area contributed by atoms with E-state index in [-0.39, 0.29) is 23.9 Å². The van der Waals surface area contributed by atoms with E-state index in [2.05, 4.69) is 21.4 Å². The Labute approximate surface area is 183 Å². The summed E-state index contributed by atoms with van der Waals surface area (Å²) in [5.41, 5.74) is 8.52. The number of carbonyl (C=O) groups is 2. The second-order valence-electron chi connectivity index (χ2n) is 8.97. The van der Waals surface area contributed by atoms with Crippen molar-refractivity contribution in [1.29, 1.82) is 0 Å². The van der Waals surface area contributed by atoms with E-state index in [9.17, 15) is 19.8 Å². The summed E-state index contributed by atoms with van der Waals surface area (Å²) in [6.45, 7) is 2.44. The Hall–Kier alpha value is -1.34. The lowest BCUT2D eigenvalue weighted by Crippen LogP contribution is -2.70. The molecule has 11 nitrogen and oxygen atoms in total. The van der Waals surface area contributed by atoms with Crippen molar-refractivity contribution in [3.8, 4) is 0 Å². The van der Waals surface area contributed by atoms with Crippen LogP contribution in [0.5, 0.6) is 0 Å². The Kier molecular flexibility index (Phi) is 8.62. The summed E-state index contributed by atoms with van der Waals surface area (Å²) in [4.78, 5) is 32.3. The minimum absolute atomic E-state index is 0.0536. The lowest BCUT2D eigenvalue weighted by atomic mass is 9.83. The van der Waals surface area contributed by atoms with Crippen LogP contribution in [0, 0.1) is 5.92 Å². The predicted octanol–water partition coefficient (Wildman–Crippen LogP) is -1.37. The molecule has 2 saturated heterocycles. The molecule has 0 radical (unpaired) electrons. The highest BCUT2D eigenvalue weighted by Crippen LogP contribution is 2.30. The molecule has 178 valence electrons. The molecule has 0 aromatic rings. The number of aliphatic hydroxyl groups excluding tert-OH is 1. The number of likely N-dealkylation sites (tertiary alicyclic amines) is 1. The second kappa shape index (κ2) is 11.0. The second-order valence-corrected chi connectivity index (χ2v) is 8.97. The smallest absolute Gasteiger partial charge is 0.324 e. The standard InChI is InChI=1S/C20H38N6O5/c1-11(22-2)18(27)24-14(12-7-4-3-5-8-12)19(28)26-10-6-9-13(26)17-23-15(20(29)30)16(21)31-25-17/h11-18,22-25,27H,3-10,21H2,1-2H3,(H,29,30). The number of rotatable bonds is 8. The third-order valence-corrected chi connectivity index (χ3v) is 6.92. The number of nitrogens with one attached hydrogen (secondary N) is 4. The van der Waals surface area contributed by atoms with Crippen molar-refractivity contribution < 1.29 is 24.6 Å². The average Bonchev–Trinajstić information content (AvgIpc) is 3.27. The van der Waals surface area contributed by atoms with Crippen LogP contribution in [0.25, 0.3) is 0 Å². The molecule has 2 aliphatic heterocycles. The van der Waals surface area contributed by atoms with Gasteiger partial charge in [-0.15, -0.1) is 0 Å². The minimum Gasteiger partial charge on any atom is -0.480 e. The van der Waals surface area contributed by atoms with Gasteiger partial charge in [-0.1, -0.05) is 19.3 Å². The van der Waals surface area contributed by atoms with E-state index >= 15 is 0 Å². The molecule has 0 aromatic heterocycles. The highest BCUT2D eigenvalue weighted by Gasteiger charge is 2.44. The number of hydrogen-bond acceptors (Lipinski definition) is 9. The van der Waals surface area contributed by atoms with E-state index in [1.54, 1.807) is 11.9 Å². The Morgan fingerprint density at radius 1 is 1.19 bits per heavy atom. The summed E-state index contributed by atoms with van der Waals surface area (Å²) in [6.07, 6.45) is 4.33. The maximum Gasteiger partial charge on any atom is 0.324 e. The zero-order valence-electron chi connectivity index (χ0n) is 18.4. The van der Waals surface area contributed by atoms with Gasteiger partial charge in [0.25, 0.3) is 0 Å². The Balaban J connectivity index is 1.74. The molecule has 1 aliphatic carbocycles. The number of carbonyl (C=O) groups excluding carboxylic acids is 1. The van der Waals surface area contributed by atoms with E-state index in [4.69, 9.17) is 10.6 Å². The maximum absolute atomic E-state index is 13.7. The van der Waals surface area contributed by atoms with E-state index in [1.165, 1.54) is 6.42 Å². The highest BCUT2D eigenvalue weighted by molar-refractivity contribution is 5.83. The van der Waals surface area contributed by atoms with E-state index < -0.39 is 36.7 Å². The fourth-order valence-corrected chi connectivity index (χ4v) is 4.90. The van der Waals surface area contributed by atoms with Gasteiger partial charge in [-0.2, -0.15) is 5.48 Å². The topological polar surface area (TPSA) is 161 Å². The fourth-order valence-electron chi connectivity index (χ4n) is 4.90. The molecular weight excluding hydrogens is 404 g/mol. The highest BCUT2D eigenvalue weighted by atomic mass is 16.7. The van der Waals surface area contributed by atoms with Gasteiger partial charge in [0.05, 0.1) is 12.1 Å². The molecule has 3 rings (SSSR count). The lowest BCUT2D eigenvalue weighted by molar-refractivity contribution is -0.162. The predicted molar refractivity (Wildman–Crippen MR) is 113 cm³/mol. The first-order valence-corrected chi connectivity index (χ1v) is 11.4. The zero-order valence-corrected chi connectivity index (χ0v) is 18.4. The number of aliphatic hydroxyl groups is 1. The van der Waals surface area contributed by atoms with E-state index in [1.807, 2.05) is 6.92 Å². The zero-order chi connectivity index (χ0) is 22.5. The van der Waals surface area contributed by atoms with Gasteiger partial charge in [0.1, 0.15) is 18.4 Å². The quantitative estimate of drug-likeness (QED) is 0.223. The number of carboxylic acid groups (broad SMARTS) is 1. The van der Waals surface area contributed by atoms with Gasteiger partial charge in [-0.3, -0.25) is 25.1 Å². The summed E-state index contributed by atoms with van der Waals surface area (Å²) in [6, 6.07) is -2.03. The summed E-state index contributed by atoms with van der Waals surface area (Å²) >= 11 is 0.